The fourth-order valence-corrected chi connectivity index (χ4v) is 1.87. The molecule has 5 heteroatoms. The third-order valence-corrected chi connectivity index (χ3v) is 2.48. The Kier molecular flexibility index (Phi) is 4.89. The fourth-order valence-electron chi connectivity index (χ4n) is 1.87. The highest BCUT2D eigenvalue weighted by Crippen LogP contribution is 2.18. The van der Waals surface area contributed by atoms with Crippen molar-refractivity contribution in [3.63, 3.8) is 0 Å². The molecule has 1 heterocycles. The quantitative estimate of drug-likeness (QED) is 0.792. The molecule has 5 nitrogen and oxygen atoms in total. The summed E-state index contributed by atoms with van der Waals surface area (Å²) < 4.78 is 6.97. The van der Waals surface area contributed by atoms with E-state index in [9.17, 15) is 5.11 Å². The molecule has 0 aliphatic heterocycles. The molecule has 0 amide bonds. The Bertz CT molecular complexity index is 323. The first-order valence-corrected chi connectivity index (χ1v) is 5.62. The molecule has 0 saturated carbocycles. The van der Waals surface area contributed by atoms with Gasteiger partial charge in [0, 0.05) is 13.7 Å². The van der Waals surface area contributed by atoms with Crippen molar-refractivity contribution in [2.75, 3.05) is 13.7 Å². The van der Waals surface area contributed by atoms with Gasteiger partial charge in [0.1, 0.15) is 5.69 Å². The molecule has 0 aliphatic carbocycles. The maximum Gasteiger partial charge on any atom is 0.112 e. The Morgan fingerprint density at radius 1 is 1.38 bits per heavy atom. The highest BCUT2D eigenvalue weighted by Gasteiger charge is 2.16. The number of aliphatic hydroxyl groups excluding tert-OH is 1. The molecule has 0 spiro atoms. The largest absolute Gasteiger partial charge is 0.390 e. The van der Waals surface area contributed by atoms with Crippen LogP contribution < -0.4 is 0 Å². The molecule has 0 bridgehead atoms. The van der Waals surface area contributed by atoms with Crippen molar-refractivity contribution in [1.82, 2.24) is 15.0 Å². The maximum absolute atomic E-state index is 9.18. The topological polar surface area (TPSA) is 60.2 Å². The van der Waals surface area contributed by atoms with E-state index in [4.69, 9.17) is 4.74 Å². The number of aromatic nitrogens is 3. The summed E-state index contributed by atoms with van der Waals surface area (Å²) in [6.45, 7) is 7.69. The van der Waals surface area contributed by atoms with Crippen LogP contribution >= 0.6 is 0 Å². The minimum absolute atomic E-state index is 0.0494. The summed E-state index contributed by atoms with van der Waals surface area (Å²) in [5.41, 5.74) is 1.70. The average Bonchev–Trinajstić information content (AvgIpc) is 2.61. The second kappa shape index (κ2) is 5.96. The lowest BCUT2D eigenvalue weighted by Gasteiger charge is -2.14. The summed E-state index contributed by atoms with van der Waals surface area (Å²) in [6.07, 6.45) is 0. The van der Waals surface area contributed by atoms with Crippen LogP contribution in [0.25, 0.3) is 0 Å². The number of ether oxygens (including phenoxy) is 1. The Morgan fingerprint density at radius 2 is 2.06 bits per heavy atom. The lowest BCUT2D eigenvalue weighted by molar-refractivity contribution is 0.148. The normalized spacial score (nSPS) is 13.4. The van der Waals surface area contributed by atoms with E-state index in [0.29, 0.717) is 24.1 Å². The van der Waals surface area contributed by atoms with Gasteiger partial charge in [-0.3, -0.25) is 0 Å². The number of rotatable bonds is 6. The number of hydrogen-bond donors (Lipinski definition) is 1. The molecule has 1 aromatic heterocycles. The predicted octanol–water partition coefficient (Wildman–Crippen LogP) is 1.18. The molecule has 0 radical (unpaired) electrons. The van der Waals surface area contributed by atoms with E-state index in [0.717, 1.165) is 12.2 Å². The monoisotopic (exact) mass is 227 g/mol. The van der Waals surface area contributed by atoms with Gasteiger partial charge < -0.3 is 9.84 Å². The zero-order valence-electron chi connectivity index (χ0n) is 10.5. The van der Waals surface area contributed by atoms with Crippen LogP contribution in [0.5, 0.6) is 0 Å². The minimum atomic E-state index is -0.0494. The molecule has 0 aliphatic rings. The first-order chi connectivity index (χ1) is 7.60. The third kappa shape index (κ3) is 3.02. The molecular formula is C11H21N3O2. The summed E-state index contributed by atoms with van der Waals surface area (Å²) in [4.78, 5) is 0. The maximum atomic E-state index is 9.18. The van der Waals surface area contributed by atoms with Gasteiger partial charge in [-0.2, -0.15) is 0 Å². The SMILES string of the molecule is COCC(C)Cn1nnc(CO)c1C(C)C. The first-order valence-electron chi connectivity index (χ1n) is 5.62. The van der Waals surface area contributed by atoms with E-state index >= 15 is 0 Å². The minimum Gasteiger partial charge on any atom is -0.390 e. The predicted molar refractivity (Wildman–Crippen MR) is 61.1 cm³/mol. The van der Waals surface area contributed by atoms with Crippen molar-refractivity contribution in [2.45, 2.75) is 39.8 Å². The summed E-state index contributed by atoms with van der Waals surface area (Å²) in [5.74, 6) is 0.697. The van der Waals surface area contributed by atoms with Crippen molar-refractivity contribution < 1.29 is 9.84 Å². The number of aliphatic hydroxyl groups is 1. The third-order valence-electron chi connectivity index (χ3n) is 2.48. The van der Waals surface area contributed by atoms with E-state index in [2.05, 4.69) is 31.1 Å². The van der Waals surface area contributed by atoms with Crippen LogP contribution in [0, 0.1) is 5.92 Å². The zero-order chi connectivity index (χ0) is 12.1. The van der Waals surface area contributed by atoms with Gasteiger partial charge >= 0.3 is 0 Å². The van der Waals surface area contributed by atoms with Gasteiger partial charge in [-0.05, 0) is 11.8 Å². The standard InChI is InChI=1S/C11H21N3O2/c1-8(2)11-10(6-15)12-13-14(11)5-9(3)7-16-4/h8-9,15H,5-7H2,1-4H3. The van der Waals surface area contributed by atoms with E-state index in [1.54, 1.807) is 7.11 Å². The molecule has 1 rings (SSSR count). The molecule has 0 saturated heterocycles. The van der Waals surface area contributed by atoms with Gasteiger partial charge in [-0.15, -0.1) is 5.10 Å². The smallest absolute Gasteiger partial charge is 0.112 e. The Labute approximate surface area is 96.4 Å². The van der Waals surface area contributed by atoms with E-state index < -0.39 is 0 Å². The fraction of sp³-hybridized carbons (Fsp3) is 0.818. The van der Waals surface area contributed by atoms with Gasteiger partial charge in [0.25, 0.3) is 0 Å². The van der Waals surface area contributed by atoms with Crippen LogP contribution in [0.4, 0.5) is 0 Å². The highest BCUT2D eigenvalue weighted by atomic mass is 16.5. The van der Waals surface area contributed by atoms with Crippen molar-refractivity contribution in [1.29, 1.82) is 0 Å². The van der Waals surface area contributed by atoms with E-state index in [1.165, 1.54) is 0 Å². The Hall–Kier alpha value is -0.940. The van der Waals surface area contributed by atoms with Crippen LogP contribution in [-0.4, -0.2) is 33.8 Å². The number of methoxy groups -OCH3 is 1. The van der Waals surface area contributed by atoms with Crippen molar-refractivity contribution in [3.05, 3.63) is 11.4 Å². The van der Waals surface area contributed by atoms with Crippen molar-refractivity contribution in [2.24, 2.45) is 5.92 Å². The molecule has 1 N–H and O–H groups in total. The second-order valence-electron chi connectivity index (χ2n) is 4.48. The van der Waals surface area contributed by atoms with Crippen LogP contribution in [0.15, 0.2) is 0 Å². The lowest BCUT2D eigenvalue weighted by Crippen LogP contribution is -2.16. The van der Waals surface area contributed by atoms with Crippen molar-refractivity contribution >= 4 is 0 Å². The van der Waals surface area contributed by atoms with Crippen molar-refractivity contribution in [3.8, 4) is 0 Å². The molecule has 0 aromatic carbocycles. The summed E-state index contributed by atoms with van der Waals surface area (Å²) >= 11 is 0. The van der Waals surface area contributed by atoms with Crippen LogP contribution in [0.2, 0.25) is 0 Å². The van der Waals surface area contributed by atoms with Crippen LogP contribution in [0.3, 0.4) is 0 Å². The van der Waals surface area contributed by atoms with Gasteiger partial charge in [-0.25, -0.2) is 4.68 Å². The number of hydrogen-bond acceptors (Lipinski definition) is 4. The Balaban J connectivity index is 2.83. The molecular weight excluding hydrogens is 206 g/mol. The van der Waals surface area contributed by atoms with Gasteiger partial charge in [0.05, 0.1) is 18.9 Å². The number of nitrogens with zero attached hydrogens (tertiary/aromatic N) is 3. The summed E-state index contributed by atoms with van der Waals surface area (Å²) in [5, 5.41) is 17.3. The zero-order valence-corrected chi connectivity index (χ0v) is 10.5. The molecule has 1 aromatic rings. The molecule has 16 heavy (non-hydrogen) atoms. The molecule has 92 valence electrons. The van der Waals surface area contributed by atoms with Gasteiger partial charge in [0.2, 0.25) is 0 Å². The van der Waals surface area contributed by atoms with E-state index in [-0.39, 0.29) is 6.61 Å². The second-order valence-corrected chi connectivity index (χ2v) is 4.48. The van der Waals surface area contributed by atoms with Gasteiger partial charge in [0.15, 0.2) is 0 Å². The summed E-state index contributed by atoms with van der Waals surface area (Å²) in [6, 6.07) is 0. The van der Waals surface area contributed by atoms with Crippen LogP contribution in [-0.2, 0) is 17.9 Å². The molecule has 1 unspecified atom stereocenters. The van der Waals surface area contributed by atoms with Crippen LogP contribution in [0.1, 0.15) is 38.1 Å². The van der Waals surface area contributed by atoms with Gasteiger partial charge in [-0.1, -0.05) is 26.0 Å². The average molecular weight is 227 g/mol. The molecule has 1 atom stereocenters. The Morgan fingerprint density at radius 3 is 2.56 bits per heavy atom. The molecule has 0 fully saturated rings. The highest BCUT2D eigenvalue weighted by molar-refractivity contribution is 5.13. The first kappa shape index (κ1) is 13.1. The summed E-state index contributed by atoms with van der Waals surface area (Å²) in [7, 11) is 1.69. The lowest BCUT2D eigenvalue weighted by atomic mass is 10.1. The van der Waals surface area contributed by atoms with E-state index in [1.807, 2.05) is 4.68 Å².